The molecule has 2 aromatic rings. The number of nitriles is 2. The van der Waals surface area contributed by atoms with Crippen molar-refractivity contribution in [2.45, 2.75) is 47.5 Å². The average Bonchev–Trinajstić information content (AvgIpc) is 2.83. The topological polar surface area (TPSA) is 102 Å². The quantitative estimate of drug-likeness (QED) is 0.574. The maximum absolute atomic E-state index is 11.5. The van der Waals surface area contributed by atoms with E-state index in [1.165, 1.54) is 0 Å². The van der Waals surface area contributed by atoms with E-state index < -0.39 is 0 Å². The molecule has 0 saturated heterocycles. The van der Waals surface area contributed by atoms with Crippen LogP contribution in [0.2, 0.25) is 0 Å². The van der Waals surface area contributed by atoms with Gasteiger partial charge in [0.2, 0.25) is 0 Å². The summed E-state index contributed by atoms with van der Waals surface area (Å²) >= 11 is 0. The van der Waals surface area contributed by atoms with Gasteiger partial charge in [0.1, 0.15) is 23.5 Å². The molecule has 0 amide bonds. The number of aliphatic hydroxyl groups is 1. The van der Waals surface area contributed by atoms with E-state index in [1.54, 1.807) is 30.3 Å². The van der Waals surface area contributed by atoms with Gasteiger partial charge in [-0.1, -0.05) is 76.2 Å². The second-order valence-electron chi connectivity index (χ2n) is 6.46. The Morgan fingerprint density at radius 2 is 1.12 bits per heavy atom. The largest absolute Gasteiger partial charge is 0.506 e. The Labute approximate surface area is 189 Å². The maximum Gasteiger partial charge on any atom is 0.181 e. The fourth-order valence-corrected chi connectivity index (χ4v) is 3.34. The molecule has 0 bridgehead atoms. The van der Waals surface area contributed by atoms with Crippen LogP contribution in [-0.2, 0) is 22.4 Å². The zero-order chi connectivity index (χ0) is 24.3. The van der Waals surface area contributed by atoms with Crippen molar-refractivity contribution in [1.82, 2.24) is 0 Å². The van der Waals surface area contributed by atoms with Crippen molar-refractivity contribution < 1.29 is 14.7 Å². The summed E-state index contributed by atoms with van der Waals surface area (Å²) in [6.45, 7) is 9.83. The molecular formula is C27H28N2O3. The van der Waals surface area contributed by atoms with Crippen LogP contribution in [-0.4, -0.2) is 16.7 Å². The smallest absolute Gasteiger partial charge is 0.181 e. The van der Waals surface area contributed by atoms with Gasteiger partial charge in [-0.2, -0.15) is 10.5 Å². The predicted molar refractivity (Wildman–Crippen MR) is 126 cm³/mol. The number of hydrogen-bond donors (Lipinski definition) is 1. The summed E-state index contributed by atoms with van der Waals surface area (Å²) in [4.78, 5) is 22.9. The van der Waals surface area contributed by atoms with Crippen LogP contribution in [0.5, 0.6) is 0 Å². The highest BCUT2D eigenvalue weighted by Crippen LogP contribution is 2.28. The highest BCUT2D eigenvalue weighted by molar-refractivity contribution is 6.10. The molecule has 0 atom stereocenters. The molecule has 164 valence electrons. The van der Waals surface area contributed by atoms with E-state index in [2.05, 4.69) is 0 Å². The summed E-state index contributed by atoms with van der Waals surface area (Å²) in [6.07, 6.45) is 0.555. The van der Waals surface area contributed by atoms with Crippen molar-refractivity contribution in [1.29, 1.82) is 10.5 Å². The molecule has 0 unspecified atom stereocenters. The van der Waals surface area contributed by atoms with E-state index in [1.807, 2.05) is 65.0 Å². The van der Waals surface area contributed by atoms with Gasteiger partial charge in [-0.15, -0.1) is 0 Å². The summed E-state index contributed by atoms with van der Waals surface area (Å²) in [7, 11) is 0. The van der Waals surface area contributed by atoms with Crippen molar-refractivity contribution in [3.05, 3.63) is 81.9 Å². The van der Waals surface area contributed by atoms with Gasteiger partial charge >= 0.3 is 0 Å². The molecule has 0 aliphatic heterocycles. The number of benzene rings is 2. The molecule has 0 spiro atoms. The number of allylic oxidation sites excluding steroid dienone is 3. The molecule has 0 heterocycles. The molecule has 2 aromatic carbocycles. The van der Waals surface area contributed by atoms with Crippen LogP contribution >= 0.6 is 0 Å². The van der Waals surface area contributed by atoms with E-state index >= 15 is 0 Å². The van der Waals surface area contributed by atoms with E-state index in [0.29, 0.717) is 17.6 Å². The van der Waals surface area contributed by atoms with Gasteiger partial charge in [-0.25, -0.2) is 0 Å². The fourth-order valence-electron chi connectivity index (χ4n) is 3.34. The third kappa shape index (κ3) is 5.59. The molecule has 2 aliphatic carbocycles. The lowest BCUT2D eigenvalue weighted by molar-refractivity contribution is -0.115. The molecule has 2 aliphatic rings. The zero-order valence-corrected chi connectivity index (χ0v) is 19.2. The van der Waals surface area contributed by atoms with Crippen molar-refractivity contribution in [2.24, 2.45) is 0 Å². The Kier molecular flexibility index (Phi) is 10.3. The summed E-state index contributed by atoms with van der Waals surface area (Å²) in [5.41, 5.74) is 4.39. The van der Waals surface area contributed by atoms with Gasteiger partial charge in [0.15, 0.2) is 11.6 Å². The van der Waals surface area contributed by atoms with E-state index in [9.17, 15) is 14.7 Å². The Balaban J connectivity index is 0.000000277. The summed E-state index contributed by atoms with van der Waals surface area (Å²) < 4.78 is 0. The van der Waals surface area contributed by atoms with Gasteiger partial charge in [-0.05, 0) is 29.2 Å². The molecular weight excluding hydrogens is 400 g/mol. The lowest BCUT2D eigenvalue weighted by atomic mass is 9.86. The predicted octanol–water partition coefficient (Wildman–Crippen LogP) is 5.77. The van der Waals surface area contributed by atoms with E-state index in [0.717, 1.165) is 22.3 Å². The molecule has 4 rings (SSSR count). The highest BCUT2D eigenvalue weighted by atomic mass is 16.3. The summed E-state index contributed by atoms with van der Waals surface area (Å²) in [5, 5.41) is 27.1. The van der Waals surface area contributed by atoms with Gasteiger partial charge in [-0.3, -0.25) is 9.59 Å². The third-order valence-electron chi connectivity index (χ3n) is 4.79. The normalized spacial score (nSPS) is 13.5. The minimum absolute atomic E-state index is 0.0660. The molecule has 5 nitrogen and oxygen atoms in total. The van der Waals surface area contributed by atoms with E-state index in [-0.39, 0.29) is 29.3 Å². The van der Waals surface area contributed by atoms with Crippen LogP contribution in [0.3, 0.4) is 0 Å². The summed E-state index contributed by atoms with van der Waals surface area (Å²) in [6, 6.07) is 18.5. The lowest BCUT2D eigenvalue weighted by Gasteiger charge is -2.15. The molecule has 0 fully saturated rings. The minimum Gasteiger partial charge on any atom is -0.506 e. The standard InChI is InChI=1S/C12H9NO.C11H7NO2.2C2H6/c1-8-10-5-3-2-4-9(10)6-12(14)11(8)7-13;12-6-9-10(13)5-7-3-1-2-4-8(7)11(9)14;2*1-2/h2-5H,6H2,1H3;1-4,14H,5H2;2*1-2H3. The first-order chi connectivity index (χ1) is 15.5. The fraction of sp³-hybridized carbons (Fsp3) is 0.259. The number of carbonyl (C=O) groups is 2. The SMILES string of the molecule is CC.CC.CC1=C(C#N)C(=O)Cc2ccccc21.N#CC1=C(O)c2ccccc2CC1=O. The Morgan fingerprint density at radius 1 is 0.719 bits per heavy atom. The van der Waals surface area contributed by atoms with Gasteiger partial charge in [0.05, 0.1) is 5.57 Å². The number of Topliss-reactive ketones (excluding diaryl/α,β-unsaturated/α-hetero) is 2. The molecule has 1 N–H and O–H groups in total. The van der Waals surface area contributed by atoms with Crippen LogP contribution in [0.25, 0.3) is 11.3 Å². The van der Waals surface area contributed by atoms with Crippen LogP contribution in [0.4, 0.5) is 0 Å². The number of fused-ring (bicyclic) bond motifs is 2. The summed E-state index contributed by atoms with van der Waals surface area (Å²) in [5.74, 6) is -0.577. The van der Waals surface area contributed by atoms with Crippen LogP contribution in [0, 0.1) is 22.7 Å². The van der Waals surface area contributed by atoms with Crippen molar-refractivity contribution in [3.8, 4) is 12.1 Å². The number of nitrogens with zero attached hydrogens (tertiary/aromatic N) is 2. The number of ketones is 2. The molecule has 5 heteroatoms. The Bertz CT molecular complexity index is 1050. The van der Waals surface area contributed by atoms with Gasteiger partial charge in [0.25, 0.3) is 0 Å². The monoisotopic (exact) mass is 428 g/mol. The average molecular weight is 429 g/mol. The zero-order valence-electron chi connectivity index (χ0n) is 19.2. The number of aliphatic hydroxyl groups excluding tert-OH is 1. The van der Waals surface area contributed by atoms with Crippen LogP contribution in [0.1, 0.15) is 56.9 Å². The third-order valence-corrected chi connectivity index (χ3v) is 4.79. The molecule has 0 aromatic heterocycles. The highest BCUT2D eigenvalue weighted by Gasteiger charge is 2.24. The van der Waals surface area contributed by atoms with Crippen LogP contribution in [0.15, 0.2) is 59.7 Å². The Hall–Kier alpha value is -3.96. The number of rotatable bonds is 0. The number of carbonyl (C=O) groups excluding carboxylic acids is 2. The second-order valence-corrected chi connectivity index (χ2v) is 6.46. The molecule has 0 saturated carbocycles. The van der Waals surface area contributed by atoms with Gasteiger partial charge < -0.3 is 5.11 Å². The maximum atomic E-state index is 11.5. The van der Waals surface area contributed by atoms with Crippen molar-refractivity contribution >= 4 is 22.9 Å². The van der Waals surface area contributed by atoms with Crippen molar-refractivity contribution in [2.75, 3.05) is 0 Å². The van der Waals surface area contributed by atoms with Crippen molar-refractivity contribution in [3.63, 3.8) is 0 Å². The van der Waals surface area contributed by atoms with E-state index in [4.69, 9.17) is 10.5 Å². The minimum atomic E-state index is -0.316. The first-order valence-corrected chi connectivity index (χ1v) is 10.6. The van der Waals surface area contributed by atoms with Gasteiger partial charge in [0, 0.05) is 18.4 Å². The molecule has 0 radical (unpaired) electrons. The van der Waals surface area contributed by atoms with Crippen LogP contribution < -0.4 is 0 Å². The second kappa shape index (κ2) is 12.7. The lowest BCUT2D eigenvalue weighted by Crippen LogP contribution is -2.14. The number of hydrogen-bond acceptors (Lipinski definition) is 5. The first kappa shape index (κ1) is 26.1. The Morgan fingerprint density at radius 3 is 1.62 bits per heavy atom. The molecule has 32 heavy (non-hydrogen) atoms. The first-order valence-electron chi connectivity index (χ1n) is 10.6.